The predicted molar refractivity (Wildman–Crippen MR) is 115 cm³/mol. The number of rotatable bonds is 5. The third-order valence-corrected chi connectivity index (χ3v) is 6.03. The third-order valence-electron chi connectivity index (χ3n) is 6.03. The lowest BCUT2D eigenvalue weighted by Gasteiger charge is -2.40. The van der Waals surface area contributed by atoms with Gasteiger partial charge in [0.15, 0.2) is 0 Å². The molecule has 0 N–H and O–H groups in total. The van der Waals surface area contributed by atoms with Crippen molar-refractivity contribution < 1.29 is 17.9 Å². The van der Waals surface area contributed by atoms with Crippen LogP contribution in [0.5, 0.6) is 5.75 Å². The van der Waals surface area contributed by atoms with E-state index in [0.29, 0.717) is 5.75 Å². The number of nitrogens with zero attached hydrogens (tertiary/aromatic N) is 3. The van der Waals surface area contributed by atoms with Crippen molar-refractivity contribution in [3.05, 3.63) is 71.4 Å². The number of aromatic nitrogens is 1. The van der Waals surface area contributed by atoms with Crippen molar-refractivity contribution in [1.82, 2.24) is 14.8 Å². The molecule has 0 bridgehead atoms. The second kappa shape index (κ2) is 8.85. The van der Waals surface area contributed by atoms with E-state index in [4.69, 9.17) is 4.74 Å². The van der Waals surface area contributed by atoms with Gasteiger partial charge in [0.1, 0.15) is 11.3 Å². The van der Waals surface area contributed by atoms with Gasteiger partial charge in [0.2, 0.25) is 0 Å². The minimum atomic E-state index is -4.36. The first-order chi connectivity index (χ1) is 14.9. The molecular formula is C24H26F3N3O. The molecule has 0 aliphatic carbocycles. The molecule has 0 amide bonds. The summed E-state index contributed by atoms with van der Waals surface area (Å²) in [5.41, 5.74) is 1.84. The van der Waals surface area contributed by atoms with Crippen molar-refractivity contribution in [3.8, 4) is 5.75 Å². The molecule has 1 unspecified atom stereocenters. The van der Waals surface area contributed by atoms with Crippen LogP contribution in [0.2, 0.25) is 0 Å². The van der Waals surface area contributed by atoms with Gasteiger partial charge in [0.05, 0.1) is 18.7 Å². The molecule has 0 saturated carbocycles. The van der Waals surface area contributed by atoms with Gasteiger partial charge >= 0.3 is 6.18 Å². The molecule has 4 rings (SSSR count). The maximum Gasteiger partial charge on any atom is 0.416 e. The summed E-state index contributed by atoms with van der Waals surface area (Å²) in [6, 6.07) is 13.1. The van der Waals surface area contributed by atoms with Gasteiger partial charge in [0.25, 0.3) is 0 Å². The molecule has 2 heterocycles. The number of benzene rings is 2. The Labute approximate surface area is 180 Å². The van der Waals surface area contributed by atoms with Crippen molar-refractivity contribution >= 4 is 10.9 Å². The predicted octanol–water partition coefficient (Wildman–Crippen LogP) is 4.99. The molecule has 0 spiro atoms. The average molecular weight is 429 g/mol. The van der Waals surface area contributed by atoms with Gasteiger partial charge in [-0.3, -0.25) is 9.88 Å². The molecule has 1 fully saturated rings. The molecule has 1 aliphatic heterocycles. The highest BCUT2D eigenvalue weighted by Gasteiger charge is 2.32. The van der Waals surface area contributed by atoms with Crippen LogP contribution in [0, 0.1) is 0 Å². The Balaban J connectivity index is 1.81. The number of piperazine rings is 1. The lowest BCUT2D eigenvalue weighted by molar-refractivity contribution is -0.137. The standard InChI is InChI=1S/C24H26F3N3O/c1-3-29-13-15-30(16-14-29)22(18-6-9-19(10-7-18)24(25,26)27)20-11-8-17-5-4-12-28-21(17)23(20)31-2/h4-12,22H,3,13-16H2,1-2H3. The van der Waals surface area contributed by atoms with Crippen LogP contribution in [-0.4, -0.2) is 54.6 Å². The summed E-state index contributed by atoms with van der Waals surface area (Å²) in [5, 5.41) is 0.963. The van der Waals surface area contributed by atoms with E-state index >= 15 is 0 Å². The zero-order valence-corrected chi connectivity index (χ0v) is 17.7. The molecule has 1 saturated heterocycles. The second-order valence-electron chi connectivity index (χ2n) is 7.76. The third kappa shape index (κ3) is 4.38. The summed E-state index contributed by atoms with van der Waals surface area (Å²) < 4.78 is 45.2. The first kappa shape index (κ1) is 21.6. The van der Waals surface area contributed by atoms with E-state index in [9.17, 15) is 13.2 Å². The van der Waals surface area contributed by atoms with Gasteiger partial charge in [-0.25, -0.2) is 0 Å². The number of likely N-dealkylation sites (N-methyl/N-ethyl adjacent to an activating group) is 1. The summed E-state index contributed by atoms with van der Waals surface area (Å²) >= 11 is 0. The SMILES string of the molecule is CCN1CCN(C(c2ccc(C(F)(F)F)cc2)c2ccc3cccnc3c2OC)CC1. The molecule has 3 aromatic rings. The maximum atomic E-state index is 13.1. The molecule has 0 radical (unpaired) electrons. The Hall–Kier alpha value is -2.64. The van der Waals surface area contributed by atoms with Crippen LogP contribution >= 0.6 is 0 Å². The Morgan fingerprint density at radius 3 is 2.32 bits per heavy atom. The normalized spacial score (nSPS) is 17.1. The summed E-state index contributed by atoms with van der Waals surface area (Å²) in [6.45, 7) is 6.61. The summed E-state index contributed by atoms with van der Waals surface area (Å²) in [7, 11) is 1.62. The molecule has 4 nitrogen and oxygen atoms in total. The molecule has 2 aromatic carbocycles. The van der Waals surface area contributed by atoms with Crippen molar-refractivity contribution in [3.63, 3.8) is 0 Å². The van der Waals surface area contributed by atoms with Crippen LogP contribution < -0.4 is 4.74 Å². The minimum Gasteiger partial charge on any atom is -0.494 e. The molecule has 1 aromatic heterocycles. The van der Waals surface area contributed by atoms with Crippen LogP contribution in [0.15, 0.2) is 54.7 Å². The highest BCUT2D eigenvalue weighted by atomic mass is 19.4. The number of halogens is 3. The molecule has 7 heteroatoms. The number of hydrogen-bond acceptors (Lipinski definition) is 4. The average Bonchev–Trinajstić information content (AvgIpc) is 2.79. The van der Waals surface area contributed by atoms with Crippen LogP contribution in [0.3, 0.4) is 0 Å². The smallest absolute Gasteiger partial charge is 0.416 e. The van der Waals surface area contributed by atoms with Gasteiger partial charge in [-0.1, -0.05) is 37.3 Å². The molecule has 1 atom stereocenters. The lowest BCUT2D eigenvalue weighted by Crippen LogP contribution is -2.47. The van der Waals surface area contributed by atoms with Crippen molar-refractivity contribution in [1.29, 1.82) is 0 Å². The van der Waals surface area contributed by atoms with Crippen LogP contribution in [0.25, 0.3) is 10.9 Å². The Morgan fingerprint density at radius 1 is 1.00 bits per heavy atom. The second-order valence-corrected chi connectivity index (χ2v) is 7.76. The van der Waals surface area contributed by atoms with E-state index in [2.05, 4.69) is 21.7 Å². The number of methoxy groups -OCH3 is 1. The summed E-state index contributed by atoms with van der Waals surface area (Å²) in [4.78, 5) is 9.20. The van der Waals surface area contributed by atoms with Gasteiger partial charge in [0, 0.05) is 43.3 Å². The van der Waals surface area contributed by atoms with E-state index < -0.39 is 11.7 Å². The van der Waals surface area contributed by atoms with Crippen LogP contribution in [0.1, 0.15) is 29.7 Å². The monoisotopic (exact) mass is 429 g/mol. The van der Waals surface area contributed by atoms with Gasteiger partial charge in [-0.05, 0) is 30.3 Å². The fourth-order valence-electron chi connectivity index (χ4n) is 4.34. The number of alkyl halides is 3. The molecular weight excluding hydrogens is 403 g/mol. The number of fused-ring (bicyclic) bond motifs is 1. The number of ether oxygens (including phenoxy) is 1. The fraction of sp³-hybridized carbons (Fsp3) is 0.375. The van der Waals surface area contributed by atoms with E-state index in [1.807, 2.05) is 24.3 Å². The Bertz CT molecular complexity index is 1030. The highest BCUT2D eigenvalue weighted by molar-refractivity contribution is 5.86. The minimum absolute atomic E-state index is 0.220. The van der Waals surface area contributed by atoms with Crippen LogP contribution in [-0.2, 0) is 6.18 Å². The first-order valence-electron chi connectivity index (χ1n) is 10.5. The number of hydrogen-bond donors (Lipinski definition) is 0. The summed E-state index contributed by atoms with van der Waals surface area (Å²) in [6.07, 6.45) is -2.63. The van der Waals surface area contributed by atoms with Crippen molar-refractivity contribution in [2.75, 3.05) is 39.8 Å². The zero-order valence-electron chi connectivity index (χ0n) is 17.7. The molecule has 1 aliphatic rings. The van der Waals surface area contributed by atoms with E-state index in [-0.39, 0.29) is 6.04 Å². The Morgan fingerprint density at radius 2 is 1.71 bits per heavy atom. The van der Waals surface area contributed by atoms with E-state index in [0.717, 1.165) is 66.9 Å². The van der Waals surface area contributed by atoms with Gasteiger partial charge in [-0.15, -0.1) is 0 Å². The quantitative estimate of drug-likeness (QED) is 0.571. The Kier molecular flexibility index (Phi) is 6.16. The van der Waals surface area contributed by atoms with Crippen LogP contribution in [0.4, 0.5) is 13.2 Å². The van der Waals surface area contributed by atoms with E-state index in [1.165, 1.54) is 0 Å². The maximum absolute atomic E-state index is 13.1. The highest BCUT2D eigenvalue weighted by Crippen LogP contribution is 2.39. The topological polar surface area (TPSA) is 28.6 Å². The molecule has 164 valence electrons. The van der Waals surface area contributed by atoms with Crippen molar-refractivity contribution in [2.45, 2.75) is 19.1 Å². The zero-order chi connectivity index (χ0) is 22.0. The number of pyridine rings is 1. The van der Waals surface area contributed by atoms with Gasteiger partial charge < -0.3 is 9.64 Å². The lowest BCUT2D eigenvalue weighted by atomic mass is 9.93. The fourth-order valence-corrected chi connectivity index (χ4v) is 4.34. The van der Waals surface area contributed by atoms with Crippen molar-refractivity contribution in [2.24, 2.45) is 0 Å². The first-order valence-corrected chi connectivity index (χ1v) is 10.5. The summed E-state index contributed by atoms with van der Waals surface area (Å²) in [5.74, 6) is 0.668. The van der Waals surface area contributed by atoms with E-state index in [1.54, 1.807) is 25.4 Å². The largest absolute Gasteiger partial charge is 0.494 e. The van der Waals surface area contributed by atoms with Gasteiger partial charge in [-0.2, -0.15) is 13.2 Å². The molecule has 31 heavy (non-hydrogen) atoms.